The number of carbonyl (C=O) groups excluding carboxylic acids is 2. The second kappa shape index (κ2) is 7.69. The Bertz CT molecular complexity index is 744. The summed E-state index contributed by atoms with van der Waals surface area (Å²) in [5, 5.41) is 10.5. The van der Waals surface area contributed by atoms with Gasteiger partial charge in [0, 0.05) is 13.1 Å². The fourth-order valence-electron chi connectivity index (χ4n) is 2.01. The molecule has 0 fully saturated rings. The van der Waals surface area contributed by atoms with Crippen LogP contribution < -0.4 is 0 Å². The quantitative estimate of drug-likeness (QED) is 0.455. The zero-order valence-corrected chi connectivity index (χ0v) is 14.0. The Morgan fingerprint density at radius 1 is 1.25 bits per heavy atom. The molecule has 1 unspecified atom stereocenters. The van der Waals surface area contributed by atoms with E-state index in [0.29, 0.717) is 11.3 Å². The van der Waals surface area contributed by atoms with E-state index in [0.717, 1.165) is 5.56 Å². The van der Waals surface area contributed by atoms with Crippen LogP contribution in [0.1, 0.15) is 28.2 Å². The number of likely N-dealkylation sites (N-methyl/N-ethyl adjacent to an activating group) is 1. The first kappa shape index (κ1) is 17.6. The fraction of sp³-hybridized carbons (Fsp3) is 0.250. The fourth-order valence-corrected chi connectivity index (χ4v) is 2.72. The van der Waals surface area contributed by atoms with E-state index in [1.54, 1.807) is 7.05 Å². The molecule has 2 aromatic rings. The number of thiophene rings is 1. The molecule has 0 aliphatic heterocycles. The number of hydrogen-bond donors (Lipinski definition) is 0. The minimum atomic E-state index is -0.748. The molecular formula is C16H16N2O5S. The Balaban J connectivity index is 1.92. The monoisotopic (exact) mass is 348 g/mol. The first-order valence-electron chi connectivity index (χ1n) is 7.12. The number of ether oxygens (including phenoxy) is 1. The number of rotatable bonds is 6. The summed E-state index contributed by atoms with van der Waals surface area (Å²) in [6.07, 6.45) is 0. The van der Waals surface area contributed by atoms with Crippen LogP contribution in [0.2, 0.25) is 0 Å². The van der Waals surface area contributed by atoms with Crippen molar-refractivity contribution >= 4 is 28.2 Å². The van der Waals surface area contributed by atoms with Crippen molar-refractivity contribution in [2.45, 2.75) is 13.0 Å². The van der Waals surface area contributed by atoms with Gasteiger partial charge in [0.15, 0.2) is 6.61 Å². The topological polar surface area (TPSA) is 89.8 Å². The van der Waals surface area contributed by atoms with Crippen molar-refractivity contribution in [1.29, 1.82) is 0 Å². The highest BCUT2D eigenvalue weighted by molar-refractivity contribution is 7.17. The average molecular weight is 348 g/mol. The van der Waals surface area contributed by atoms with E-state index in [1.165, 1.54) is 17.0 Å². The molecule has 1 aromatic carbocycles. The molecule has 0 aliphatic carbocycles. The molecule has 7 nitrogen and oxygen atoms in total. The van der Waals surface area contributed by atoms with Crippen molar-refractivity contribution in [3.63, 3.8) is 0 Å². The predicted molar refractivity (Wildman–Crippen MR) is 88.9 cm³/mol. The van der Waals surface area contributed by atoms with Crippen LogP contribution in [0.3, 0.4) is 0 Å². The van der Waals surface area contributed by atoms with Crippen LogP contribution in [0.25, 0.3) is 0 Å². The Kier molecular flexibility index (Phi) is 5.64. The molecule has 24 heavy (non-hydrogen) atoms. The Morgan fingerprint density at radius 3 is 2.50 bits per heavy atom. The maximum Gasteiger partial charge on any atom is 0.349 e. The first-order chi connectivity index (χ1) is 11.4. The van der Waals surface area contributed by atoms with Crippen molar-refractivity contribution < 1.29 is 19.2 Å². The summed E-state index contributed by atoms with van der Waals surface area (Å²) in [5.41, 5.74) is 0.966. The molecule has 0 spiro atoms. The summed E-state index contributed by atoms with van der Waals surface area (Å²) in [4.78, 5) is 35.6. The van der Waals surface area contributed by atoms with Gasteiger partial charge in [-0.1, -0.05) is 41.7 Å². The van der Waals surface area contributed by atoms with Gasteiger partial charge in [0.2, 0.25) is 0 Å². The van der Waals surface area contributed by atoms with Crippen molar-refractivity contribution in [2.75, 3.05) is 13.7 Å². The molecule has 1 heterocycles. The standard InChI is InChI=1S/C16H16N2O5S/c1-11(12-6-4-3-5-7-12)17(2)14(19)10-23-16(20)13-8-9-15(24-13)18(21)22/h3-9,11H,10H2,1-2H3. The van der Waals surface area contributed by atoms with Crippen molar-refractivity contribution in [3.05, 3.63) is 63.0 Å². The average Bonchev–Trinajstić information content (AvgIpc) is 3.09. The Hall–Kier alpha value is -2.74. The van der Waals surface area contributed by atoms with Gasteiger partial charge in [-0.2, -0.15) is 0 Å². The van der Waals surface area contributed by atoms with Crippen LogP contribution in [-0.4, -0.2) is 35.4 Å². The van der Waals surface area contributed by atoms with E-state index in [4.69, 9.17) is 4.74 Å². The SMILES string of the molecule is CC(c1ccccc1)N(C)C(=O)COC(=O)c1ccc([N+](=O)[O-])s1. The number of hydrogen-bond acceptors (Lipinski definition) is 6. The van der Waals surface area contributed by atoms with Gasteiger partial charge < -0.3 is 9.64 Å². The van der Waals surface area contributed by atoms with Crippen LogP contribution in [0.15, 0.2) is 42.5 Å². The number of amides is 1. The highest BCUT2D eigenvalue weighted by atomic mass is 32.1. The lowest BCUT2D eigenvalue weighted by atomic mass is 10.1. The zero-order chi connectivity index (χ0) is 17.7. The second-order valence-corrected chi connectivity index (χ2v) is 6.12. The van der Waals surface area contributed by atoms with Crippen LogP contribution in [-0.2, 0) is 9.53 Å². The van der Waals surface area contributed by atoms with Crippen LogP contribution in [0.5, 0.6) is 0 Å². The van der Waals surface area contributed by atoms with Gasteiger partial charge in [-0.15, -0.1) is 0 Å². The third-order valence-electron chi connectivity index (χ3n) is 3.56. The number of nitrogens with zero attached hydrogens (tertiary/aromatic N) is 2. The van der Waals surface area contributed by atoms with E-state index < -0.39 is 17.5 Å². The number of benzene rings is 1. The lowest BCUT2D eigenvalue weighted by Crippen LogP contribution is -2.33. The van der Waals surface area contributed by atoms with Gasteiger partial charge in [-0.25, -0.2) is 4.79 Å². The van der Waals surface area contributed by atoms with E-state index in [-0.39, 0.29) is 21.8 Å². The first-order valence-corrected chi connectivity index (χ1v) is 7.93. The third kappa shape index (κ3) is 4.17. The minimum absolute atomic E-state index is 0.0910. The summed E-state index contributed by atoms with van der Waals surface area (Å²) < 4.78 is 4.95. The largest absolute Gasteiger partial charge is 0.451 e. The lowest BCUT2D eigenvalue weighted by molar-refractivity contribution is -0.380. The van der Waals surface area contributed by atoms with Gasteiger partial charge in [0.1, 0.15) is 4.88 Å². The highest BCUT2D eigenvalue weighted by Crippen LogP contribution is 2.24. The lowest BCUT2D eigenvalue weighted by Gasteiger charge is -2.25. The summed E-state index contributed by atoms with van der Waals surface area (Å²) in [6.45, 7) is 1.45. The summed E-state index contributed by atoms with van der Waals surface area (Å²) >= 11 is 0.714. The van der Waals surface area contributed by atoms with Gasteiger partial charge in [-0.05, 0) is 18.6 Å². The summed E-state index contributed by atoms with van der Waals surface area (Å²) in [6, 6.07) is 11.8. The van der Waals surface area contributed by atoms with E-state index in [9.17, 15) is 19.7 Å². The molecule has 1 aromatic heterocycles. The summed E-state index contributed by atoms with van der Waals surface area (Å²) in [7, 11) is 1.63. The van der Waals surface area contributed by atoms with Gasteiger partial charge in [0.05, 0.1) is 11.0 Å². The van der Waals surface area contributed by atoms with E-state index >= 15 is 0 Å². The van der Waals surface area contributed by atoms with Crippen LogP contribution >= 0.6 is 11.3 Å². The molecule has 2 rings (SSSR count). The molecule has 1 amide bonds. The van der Waals surface area contributed by atoms with E-state index in [2.05, 4.69) is 0 Å². The molecular weight excluding hydrogens is 332 g/mol. The van der Waals surface area contributed by atoms with Gasteiger partial charge in [0.25, 0.3) is 5.91 Å². The van der Waals surface area contributed by atoms with Gasteiger partial charge >= 0.3 is 11.0 Å². The van der Waals surface area contributed by atoms with Crippen LogP contribution in [0, 0.1) is 10.1 Å². The third-order valence-corrected chi connectivity index (χ3v) is 4.57. The molecule has 126 valence electrons. The maximum atomic E-state index is 12.2. The number of carbonyl (C=O) groups is 2. The molecule has 0 saturated heterocycles. The maximum absolute atomic E-state index is 12.2. The molecule has 0 bridgehead atoms. The smallest absolute Gasteiger partial charge is 0.349 e. The molecule has 8 heteroatoms. The summed E-state index contributed by atoms with van der Waals surface area (Å²) in [5.74, 6) is -1.10. The highest BCUT2D eigenvalue weighted by Gasteiger charge is 2.21. The molecule has 0 N–H and O–H groups in total. The zero-order valence-electron chi connectivity index (χ0n) is 13.2. The normalized spacial score (nSPS) is 11.6. The van der Waals surface area contributed by atoms with Crippen molar-refractivity contribution in [2.24, 2.45) is 0 Å². The van der Waals surface area contributed by atoms with Gasteiger partial charge in [-0.3, -0.25) is 14.9 Å². The minimum Gasteiger partial charge on any atom is -0.451 e. The van der Waals surface area contributed by atoms with Crippen molar-refractivity contribution in [3.8, 4) is 0 Å². The molecule has 1 atom stereocenters. The Labute approximate surface area is 142 Å². The molecule has 0 radical (unpaired) electrons. The predicted octanol–water partition coefficient (Wildman–Crippen LogP) is 3.03. The molecule has 0 saturated carbocycles. The van der Waals surface area contributed by atoms with Crippen molar-refractivity contribution in [1.82, 2.24) is 4.90 Å². The van der Waals surface area contributed by atoms with E-state index in [1.807, 2.05) is 37.3 Å². The van der Waals surface area contributed by atoms with Crippen LogP contribution in [0.4, 0.5) is 5.00 Å². The molecule has 0 aliphatic rings. The second-order valence-electron chi connectivity index (χ2n) is 5.06. The number of nitro groups is 1. The Morgan fingerprint density at radius 2 is 1.92 bits per heavy atom. The number of esters is 1.